The minimum atomic E-state index is -0.421. The molecule has 2 heterocycles. The molecule has 0 saturated carbocycles. The molecule has 0 bridgehead atoms. The smallest absolute Gasteiger partial charge is 0.253 e. The minimum absolute atomic E-state index is 0.114. The van der Waals surface area contributed by atoms with E-state index in [1.54, 1.807) is 18.2 Å². The van der Waals surface area contributed by atoms with Gasteiger partial charge in [0.2, 0.25) is 5.91 Å². The Hall–Kier alpha value is -2.52. The maximum absolute atomic E-state index is 12.1. The Kier molecular flexibility index (Phi) is 4.72. The van der Waals surface area contributed by atoms with Gasteiger partial charge in [-0.05, 0) is 12.1 Å². The molecule has 9 heteroatoms. The van der Waals surface area contributed by atoms with Crippen LogP contribution in [0.2, 0.25) is 0 Å². The summed E-state index contributed by atoms with van der Waals surface area (Å²) in [7, 11) is 1.54. The Balaban J connectivity index is 1.68. The van der Waals surface area contributed by atoms with Crippen molar-refractivity contribution in [2.75, 3.05) is 18.2 Å². The van der Waals surface area contributed by atoms with Gasteiger partial charge >= 0.3 is 0 Å². The maximum Gasteiger partial charge on any atom is 0.253 e. The van der Waals surface area contributed by atoms with E-state index in [2.05, 4.69) is 15.3 Å². The molecule has 124 valence electrons. The largest absolute Gasteiger partial charge is 0.506 e. The molecule has 0 aliphatic carbocycles. The molecule has 3 N–H and O–H groups in total. The Morgan fingerprint density at radius 2 is 2.25 bits per heavy atom. The highest BCUT2D eigenvalue weighted by Crippen LogP contribution is 2.33. The lowest BCUT2D eigenvalue weighted by atomic mass is 10.3. The van der Waals surface area contributed by atoms with E-state index in [0.717, 1.165) is 6.07 Å². The maximum atomic E-state index is 12.1. The fraction of sp³-hybridized carbons (Fsp3) is 0.133. The van der Waals surface area contributed by atoms with Gasteiger partial charge in [-0.15, -0.1) is 11.3 Å². The summed E-state index contributed by atoms with van der Waals surface area (Å²) in [5.41, 5.74) is 0.491. The average molecular weight is 363 g/mol. The molecule has 1 amide bonds. The molecule has 0 spiro atoms. The molecule has 0 saturated heterocycles. The first kappa shape index (κ1) is 16.3. The number of thioether (sulfide) groups is 1. The van der Waals surface area contributed by atoms with Crippen LogP contribution in [-0.2, 0) is 4.79 Å². The van der Waals surface area contributed by atoms with Crippen LogP contribution in [-0.4, -0.2) is 33.8 Å². The van der Waals surface area contributed by atoms with Crippen molar-refractivity contribution in [3.05, 3.63) is 40.7 Å². The van der Waals surface area contributed by atoms with E-state index in [-0.39, 0.29) is 17.4 Å². The fourth-order valence-electron chi connectivity index (χ4n) is 2.02. The SMILES string of the molecule is COc1ccccc1NC(=O)CSc1nc2[nH]c(=O)cc(O)c2s1. The number of rotatable bonds is 5. The zero-order valence-electron chi connectivity index (χ0n) is 12.5. The number of aromatic nitrogens is 2. The number of benzene rings is 1. The van der Waals surface area contributed by atoms with Gasteiger partial charge in [-0.3, -0.25) is 9.59 Å². The fourth-order valence-corrected chi connectivity index (χ4v) is 3.84. The number of anilines is 1. The average Bonchev–Trinajstić information content (AvgIpc) is 2.97. The lowest BCUT2D eigenvalue weighted by molar-refractivity contribution is -0.113. The highest BCUT2D eigenvalue weighted by Gasteiger charge is 2.12. The Bertz CT molecular complexity index is 951. The lowest BCUT2D eigenvalue weighted by Crippen LogP contribution is -2.14. The van der Waals surface area contributed by atoms with Crippen molar-refractivity contribution in [2.45, 2.75) is 4.34 Å². The van der Waals surface area contributed by atoms with Gasteiger partial charge in [0.05, 0.1) is 18.6 Å². The van der Waals surface area contributed by atoms with Crippen molar-refractivity contribution in [1.29, 1.82) is 0 Å². The van der Waals surface area contributed by atoms with Gasteiger partial charge in [0.1, 0.15) is 16.2 Å². The van der Waals surface area contributed by atoms with Gasteiger partial charge in [0, 0.05) is 6.07 Å². The van der Waals surface area contributed by atoms with Gasteiger partial charge < -0.3 is 20.1 Å². The van der Waals surface area contributed by atoms with Crippen molar-refractivity contribution in [1.82, 2.24) is 9.97 Å². The molecular weight excluding hydrogens is 350 g/mol. The highest BCUT2D eigenvalue weighted by atomic mass is 32.2. The summed E-state index contributed by atoms with van der Waals surface area (Å²) < 4.78 is 6.25. The second kappa shape index (κ2) is 6.93. The van der Waals surface area contributed by atoms with Crippen LogP contribution in [0, 0.1) is 0 Å². The van der Waals surface area contributed by atoms with E-state index in [9.17, 15) is 14.7 Å². The van der Waals surface area contributed by atoms with Crippen LogP contribution < -0.4 is 15.6 Å². The van der Waals surface area contributed by atoms with E-state index in [0.29, 0.717) is 26.1 Å². The number of H-pyrrole nitrogens is 1. The second-order valence-corrected chi connectivity index (χ2v) is 6.94. The zero-order chi connectivity index (χ0) is 17.1. The van der Waals surface area contributed by atoms with E-state index >= 15 is 0 Å². The van der Waals surface area contributed by atoms with E-state index in [1.165, 1.54) is 30.2 Å². The molecule has 3 aromatic rings. The van der Waals surface area contributed by atoms with Crippen LogP contribution >= 0.6 is 23.1 Å². The van der Waals surface area contributed by atoms with Gasteiger partial charge in [-0.2, -0.15) is 0 Å². The third-order valence-corrected chi connectivity index (χ3v) is 5.28. The predicted octanol–water partition coefficient (Wildman–Crippen LogP) is 2.43. The lowest BCUT2D eigenvalue weighted by Gasteiger charge is -2.08. The van der Waals surface area contributed by atoms with E-state index < -0.39 is 5.56 Å². The van der Waals surface area contributed by atoms with E-state index in [4.69, 9.17) is 4.74 Å². The number of ether oxygens (including phenoxy) is 1. The van der Waals surface area contributed by atoms with Crippen molar-refractivity contribution in [3.63, 3.8) is 0 Å². The number of para-hydroxylation sites is 2. The van der Waals surface area contributed by atoms with Crippen molar-refractivity contribution in [2.24, 2.45) is 0 Å². The number of aromatic amines is 1. The van der Waals surface area contributed by atoms with Crippen molar-refractivity contribution >= 4 is 45.0 Å². The first-order valence-electron chi connectivity index (χ1n) is 6.85. The number of amides is 1. The van der Waals surface area contributed by atoms with Crippen LogP contribution in [0.15, 0.2) is 39.5 Å². The third-order valence-electron chi connectivity index (χ3n) is 3.06. The van der Waals surface area contributed by atoms with Gasteiger partial charge in [-0.25, -0.2) is 4.98 Å². The molecule has 0 radical (unpaired) electrons. The monoisotopic (exact) mass is 363 g/mol. The number of pyridine rings is 1. The molecule has 7 nitrogen and oxygen atoms in total. The number of nitrogens with one attached hydrogen (secondary N) is 2. The molecular formula is C15H13N3O4S2. The summed E-state index contributed by atoms with van der Waals surface area (Å²) >= 11 is 2.44. The number of hydrogen-bond acceptors (Lipinski definition) is 7. The number of nitrogens with zero attached hydrogens (tertiary/aromatic N) is 1. The van der Waals surface area contributed by atoms with Gasteiger partial charge in [-0.1, -0.05) is 23.9 Å². The number of aromatic hydroxyl groups is 1. The summed E-state index contributed by atoms with van der Waals surface area (Å²) in [5.74, 6) is 0.402. The summed E-state index contributed by atoms with van der Waals surface area (Å²) in [5, 5.41) is 12.5. The van der Waals surface area contributed by atoms with Crippen molar-refractivity contribution < 1.29 is 14.6 Å². The quantitative estimate of drug-likeness (QED) is 0.602. The third kappa shape index (κ3) is 3.52. The Labute approximate surface area is 144 Å². The number of thiazole rings is 1. The highest BCUT2D eigenvalue weighted by molar-refractivity contribution is 8.01. The molecule has 1 aromatic carbocycles. The molecule has 0 unspecified atom stereocenters. The molecule has 0 fully saturated rings. The topological polar surface area (TPSA) is 104 Å². The first-order valence-corrected chi connectivity index (χ1v) is 8.65. The molecule has 24 heavy (non-hydrogen) atoms. The van der Waals surface area contributed by atoms with Crippen LogP contribution in [0.25, 0.3) is 10.3 Å². The number of carbonyl (C=O) groups is 1. The zero-order valence-corrected chi connectivity index (χ0v) is 14.2. The molecule has 2 aromatic heterocycles. The summed E-state index contributed by atoms with van der Waals surface area (Å²) in [4.78, 5) is 30.1. The summed E-state index contributed by atoms with van der Waals surface area (Å²) in [6, 6.07) is 8.23. The summed E-state index contributed by atoms with van der Waals surface area (Å²) in [6.45, 7) is 0. The normalized spacial score (nSPS) is 10.7. The standard InChI is InChI=1S/C15H13N3O4S2/c1-22-10-5-3-2-4-8(10)16-12(21)7-23-15-18-14-13(24-15)9(19)6-11(20)17-14/h2-6H,7H2,1H3,(H,16,21)(H2,17,19,20). The van der Waals surface area contributed by atoms with Crippen molar-refractivity contribution in [3.8, 4) is 11.5 Å². The second-order valence-electron chi connectivity index (χ2n) is 4.71. The number of hydrogen-bond donors (Lipinski definition) is 3. The predicted molar refractivity (Wildman–Crippen MR) is 94.3 cm³/mol. The number of fused-ring (bicyclic) bond motifs is 1. The molecule has 0 atom stereocenters. The van der Waals surface area contributed by atoms with Crippen LogP contribution in [0.4, 0.5) is 5.69 Å². The number of carbonyl (C=O) groups excluding carboxylic acids is 1. The van der Waals surface area contributed by atoms with Crippen LogP contribution in [0.5, 0.6) is 11.5 Å². The molecule has 3 rings (SSSR count). The van der Waals surface area contributed by atoms with Crippen LogP contribution in [0.1, 0.15) is 0 Å². The Morgan fingerprint density at radius 3 is 3.04 bits per heavy atom. The Morgan fingerprint density at radius 1 is 1.46 bits per heavy atom. The molecule has 0 aliphatic rings. The van der Waals surface area contributed by atoms with E-state index in [1.807, 2.05) is 6.07 Å². The first-order chi connectivity index (χ1) is 11.6. The van der Waals surface area contributed by atoms with Crippen LogP contribution in [0.3, 0.4) is 0 Å². The molecule has 0 aliphatic heterocycles. The summed E-state index contributed by atoms with van der Waals surface area (Å²) in [6.07, 6.45) is 0. The van der Waals surface area contributed by atoms with Gasteiger partial charge in [0.25, 0.3) is 5.56 Å². The minimum Gasteiger partial charge on any atom is -0.506 e. The van der Waals surface area contributed by atoms with Gasteiger partial charge in [0.15, 0.2) is 9.99 Å². The number of methoxy groups -OCH3 is 1.